The van der Waals surface area contributed by atoms with E-state index < -0.39 is 11.5 Å². The molecule has 6 heteroatoms. The van der Waals surface area contributed by atoms with E-state index in [1.54, 1.807) is 0 Å². The zero-order valence-electron chi connectivity index (χ0n) is 19.2. The fraction of sp³-hybridized carbons (Fsp3) is 0.250. The van der Waals surface area contributed by atoms with Crippen molar-refractivity contribution < 1.29 is 14.4 Å². The summed E-state index contributed by atoms with van der Waals surface area (Å²) >= 11 is 0. The summed E-state index contributed by atoms with van der Waals surface area (Å²) in [4.78, 5) is 32.3. The Kier molecular flexibility index (Phi) is 7.50. The predicted octanol–water partition coefficient (Wildman–Crippen LogP) is 3.61. The Morgan fingerprint density at radius 2 is 1.50 bits per heavy atom. The fourth-order valence-electron chi connectivity index (χ4n) is 4.40. The van der Waals surface area contributed by atoms with Gasteiger partial charge in [-0.15, -0.1) is 0 Å². The van der Waals surface area contributed by atoms with E-state index in [-0.39, 0.29) is 11.8 Å². The van der Waals surface area contributed by atoms with Crippen LogP contribution in [0.15, 0.2) is 96.2 Å². The zero-order valence-corrected chi connectivity index (χ0v) is 19.2. The number of carbonyl (C=O) groups is 2. The molecule has 174 valence electrons. The smallest absolute Gasteiger partial charge is 0.244 e. The summed E-state index contributed by atoms with van der Waals surface area (Å²) in [5.41, 5.74) is 2.33. The Labute approximate surface area is 200 Å². The molecule has 2 N–H and O–H groups in total. The van der Waals surface area contributed by atoms with Gasteiger partial charge < -0.3 is 10.2 Å². The SMILES string of the molecule is CCO/N=C1/CN[C@H](C(=O)NC(=O)C(Cc2ccccc2)(c2ccccc2)c2ccccc2)C1. The van der Waals surface area contributed by atoms with Crippen LogP contribution in [-0.4, -0.2) is 36.7 Å². The van der Waals surface area contributed by atoms with Crippen molar-refractivity contribution in [1.82, 2.24) is 10.6 Å². The van der Waals surface area contributed by atoms with E-state index in [0.717, 1.165) is 22.4 Å². The van der Waals surface area contributed by atoms with Gasteiger partial charge in [-0.2, -0.15) is 0 Å². The van der Waals surface area contributed by atoms with Gasteiger partial charge in [0, 0.05) is 13.0 Å². The summed E-state index contributed by atoms with van der Waals surface area (Å²) in [5.74, 6) is -0.716. The molecule has 1 aliphatic rings. The molecule has 1 saturated heterocycles. The molecule has 1 aliphatic heterocycles. The molecule has 0 saturated carbocycles. The van der Waals surface area contributed by atoms with E-state index in [1.165, 1.54) is 0 Å². The highest BCUT2D eigenvalue weighted by atomic mass is 16.6. The lowest BCUT2D eigenvalue weighted by atomic mass is 9.69. The monoisotopic (exact) mass is 455 g/mol. The first-order valence-electron chi connectivity index (χ1n) is 11.5. The minimum Gasteiger partial charge on any atom is -0.396 e. The molecule has 1 fully saturated rings. The van der Waals surface area contributed by atoms with Gasteiger partial charge in [-0.05, 0) is 30.0 Å². The summed E-state index contributed by atoms with van der Waals surface area (Å²) in [5, 5.41) is 9.89. The molecule has 0 unspecified atom stereocenters. The Morgan fingerprint density at radius 1 is 0.941 bits per heavy atom. The normalized spacial score (nSPS) is 16.9. The van der Waals surface area contributed by atoms with Crippen LogP contribution in [0, 0.1) is 0 Å². The van der Waals surface area contributed by atoms with Crippen LogP contribution in [0.1, 0.15) is 30.0 Å². The summed E-state index contributed by atoms with van der Waals surface area (Å²) in [6.07, 6.45) is 0.817. The van der Waals surface area contributed by atoms with E-state index in [4.69, 9.17) is 4.84 Å². The lowest BCUT2D eigenvalue weighted by Crippen LogP contribution is -2.52. The Hall–Kier alpha value is -3.77. The topological polar surface area (TPSA) is 79.8 Å². The van der Waals surface area contributed by atoms with Gasteiger partial charge in [0.1, 0.15) is 12.0 Å². The van der Waals surface area contributed by atoms with Crippen LogP contribution in [0.2, 0.25) is 0 Å². The number of hydrogen-bond donors (Lipinski definition) is 2. The van der Waals surface area contributed by atoms with Crippen molar-refractivity contribution in [2.45, 2.75) is 31.2 Å². The molecule has 4 rings (SSSR count). The third-order valence-corrected chi connectivity index (χ3v) is 6.10. The number of nitrogens with one attached hydrogen (secondary N) is 2. The van der Waals surface area contributed by atoms with Crippen molar-refractivity contribution in [3.05, 3.63) is 108 Å². The van der Waals surface area contributed by atoms with E-state index in [0.29, 0.717) is 26.0 Å². The number of amides is 2. The lowest BCUT2D eigenvalue weighted by Gasteiger charge is -2.34. The maximum atomic E-state index is 14.1. The Bertz CT molecular complexity index is 1090. The second-order valence-electron chi connectivity index (χ2n) is 8.33. The van der Waals surface area contributed by atoms with Gasteiger partial charge in [-0.1, -0.05) is 96.2 Å². The molecule has 0 aliphatic carbocycles. The van der Waals surface area contributed by atoms with Gasteiger partial charge in [0.15, 0.2) is 0 Å². The van der Waals surface area contributed by atoms with E-state index in [2.05, 4.69) is 15.8 Å². The second-order valence-corrected chi connectivity index (χ2v) is 8.33. The number of carbonyl (C=O) groups excluding carboxylic acids is 2. The minimum absolute atomic E-state index is 0.351. The highest BCUT2D eigenvalue weighted by Gasteiger charge is 2.43. The predicted molar refractivity (Wildman–Crippen MR) is 132 cm³/mol. The summed E-state index contributed by atoms with van der Waals surface area (Å²) < 4.78 is 0. The van der Waals surface area contributed by atoms with Gasteiger partial charge in [0.2, 0.25) is 11.8 Å². The molecule has 0 bridgehead atoms. The Morgan fingerprint density at radius 3 is 2.06 bits per heavy atom. The average molecular weight is 456 g/mol. The fourth-order valence-corrected chi connectivity index (χ4v) is 4.40. The number of nitrogens with zero attached hydrogens (tertiary/aromatic N) is 1. The van der Waals surface area contributed by atoms with Crippen molar-refractivity contribution in [2.24, 2.45) is 5.16 Å². The summed E-state index contributed by atoms with van der Waals surface area (Å²) in [7, 11) is 0. The highest BCUT2D eigenvalue weighted by molar-refractivity contribution is 6.06. The van der Waals surface area contributed by atoms with Crippen LogP contribution in [0.3, 0.4) is 0 Å². The number of oxime groups is 1. The largest absolute Gasteiger partial charge is 0.396 e. The van der Waals surface area contributed by atoms with Gasteiger partial charge in [-0.25, -0.2) is 0 Å². The van der Waals surface area contributed by atoms with Gasteiger partial charge >= 0.3 is 0 Å². The first-order valence-corrected chi connectivity index (χ1v) is 11.5. The lowest BCUT2D eigenvalue weighted by molar-refractivity contribution is -0.133. The molecule has 6 nitrogen and oxygen atoms in total. The molecule has 2 amide bonds. The molecule has 0 aromatic heterocycles. The first-order chi connectivity index (χ1) is 16.6. The number of rotatable bonds is 8. The van der Waals surface area contributed by atoms with Crippen molar-refractivity contribution >= 4 is 17.5 Å². The van der Waals surface area contributed by atoms with Crippen LogP contribution < -0.4 is 10.6 Å². The molecule has 3 aromatic carbocycles. The van der Waals surface area contributed by atoms with Crippen molar-refractivity contribution in [2.75, 3.05) is 13.2 Å². The number of benzene rings is 3. The van der Waals surface area contributed by atoms with Crippen molar-refractivity contribution in [3.8, 4) is 0 Å². The molecule has 1 atom stereocenters. The molecule has 34 heavy (non-hydrogen) atoms. The maximum absolute atomic E-state index is 14.1. The van der Waals surface area contributed by atoms with Crippen LogP contribution >= 0.6 is 0 Å². The van der Waals surface area contributed by atoms with E-state index in [9.17, 15) is 9.59 Å². The standard InChI is InChI=1S/C28H29N3O3/c1-2-34-31-24-18-25(29-20-24)26(32)30-27(33)28(22-14-8-4-9-15-22,23-16-10-5-11-17-23)19-21-12-6-3-7-13-21/h3-17,25,29H,2,18-20H2,1H3,(H,30,32,33)/b31-24+/t25-/m0/s1. The number of imide groups is 1. The minimum atomic E-state index is -1.08. The van der Waals surface area contributed by atoms with Gasteiger partial charge in [0.05, 0.1) is 11.8 Å². The van der Waals surface area contributed by atoms with E-state index in [1.807, 2.05) is 97.9 Å². The molecular formula is C28H29N3O3. The van der Waals surface area contributed by atoms with Crippen molar-refractivity contribution in [1.29, 1.82) is 0 Å². The first kappa shape index (κ1) is 23.4. The van der Waals surface area contributed by atoms with Crippen LogP contribution in [0.5, 0.6) is 0 Å². The van der Waals surface area contributed by atoms with Crippen molar-refractivity contribution in [3.63, 3.8) is 0 Å². The average Bonchev–Trinajstić information content (AvgIpc) is 3.37. The van der Waals surface area contributed by atoms with E-state index >= 15 is 0 Å². The molecular weight excluding hydrogens is 426 g/mol. The molecule has 3 aromatic rings. The van der Waals surface area contributed by atoms with Crippen LogP contribution in [-0.2, 0) is 26.3 Å². The maximum Gasteiger partial charge on any atom is 0.244 e. The summed E-state index contributed by atoms with van der Waals surface area (Å²) in [6, 6.07) is 28.6. The zero-order chi connectivity index (χ0) is 23.8. The van der Waals surface area contributed by atoms with Gasteiger partial charge in [-0.3, -0.25) is 14.9 Å². The number of hydrogen-bond acceptors (Lipinski definition) is 5. The molecule has 0 spiro atoms. The third kappa shape index (κ3) is 5.07. The van der Waals surface area contributed by atoms with Crippen LogP contribution in [0.25, 0.3) is 0 Å². The molecule has 1 heterocycles. The highest BCUT2D eigenvalue weighted by Crippen LogP contribution is 2.36. The Balaban J connectivity index is 1.70. The second kappa shape index (κ2) is 10.9. The molecule has 0 radical (unpaired) electrons. The van der Waals surface area contributed by atoms with Crippen LogP contribution in [0.4, 0.5) is 0 Å². The van der Waals surface area contributed by atoms with Gasteiger partial charge in [0.25, 0.3) is 0 Å². The summed E-state index contributed by atoms with van der Waals surface area (Å²) in [6.45, 7) is 2.78. The quantitative estimate of drug-likeness (QED) is 0.509. The third-order valence-electron chi connectivity index (χ3n) is 6.10.